The number of hydrogen-bond acceptors (Lipinski definition) is 2. The molecule has 0 amide bonds. The average molecular weight is 639 g/mol. The second-order valence-corrected chi connectivity index (χ2v) is 12.6. The van der Waals surface area contributed by atoms with Gasteiger partial charge >= 0.3 is 0 Å². The summed E-state index contributed by atoms with van der Waals surface area (Å²) in [6, 6.07) is 64.3. The highest BCUT2D eigenvalue weighted by Crippen LogP contribution is 2.40. The Hall–Kier alpha value is -6.78. The normalized spacial score (nSPS) is 11.6. The first kappa shape index (κ1) is 28.3. The van der Waals surface area contributed by atoms with Gasteiger partial charge in [-0.1, -0.05) is 133 Å². The molecule has 0 aliphatic rings. The van der Waals surface area contributed by atoms with E-state index in [0.717, 1.165) is 50.5 Å². The molecule has 234 valence electrons. The molecule has 0 unspecified atom stereocenters. The Kier molecular flexibility index (Phi) is 6.46. The van der Waals surface area contributed by atoms with Crippen LogP contribution in [0.1, 0.15) is 0 Å². The molecule has 0 fully saturated rings. The van der Waals surface area contributed by atoms with Gasteiger partial charge < -0.3 is 9.13 Å². The van der Waals surface area contributed by atoms with Gasteiger partial charge in [0, 0.05) is 43.9 Å². The molecule has 0 saturated heterocycles. The van der Waals surface area contributed by atoms with E-state index in [0.29, 0.717) is 5.82 Å². The third-order valence-electron chi connectivity index (χ3n) is 9.74. The van der Waals surface area contributed by atoms with Crippen molar-refractivity contribution >= 4 is 43.6 Å². The Bertz CT molecular complexity index is 2700. The van der Waals surface area contributed by atoms with E-state index in [1.165, 1.54) is 32.6 Å². The van der Waals surface area contributed by atoms with Crippen molar-refractivity contribution < 1.29 is 0 Å². The minimum atomic E-state index is 0.696. The number of benzene rings is 7. The minimum Gasteiger partial charge on any atom is -0.309 e. The van der Waals surface area contributed by atoms with Crippen LogP contribution in [0.25, 0.3) is 88.9 Å². The molecule has 50 heavy (non-hydrogen) atoms. The van der Waals surface area contributed by atoms with Crippen LogP contribution in [0.4, 0.5) is 0 Å². The Morgan fingerprint density at radius 2 is 0.780 bits per heavy atom. The number of fused-ring (bicyclic) bond motifs is 6. The molecule has 10 rings (SSSR count). The molecule has 0 aliphatic heterocycles. The van der Waals surface area contributed by atoms with Gasteiger partial charge in [-0.05, 0) is 48.5 Å². The lowest BCUT2D eigenvalue weighted by molar-refractivity contribution is 1.12. The molecule has 0 bridgehead atoms. The van der Waals surface area contributed by atoms with Crippen LogP contribution in [-0.4, -0.2) is 19.1 Å². The summed E-state index contributed by atoms with van der Waals surface area (Å²) in [5.74, 6) is 0.696. The monoisotopic (exact) mass is 638 g/mol. The topological polar surface area (TPSA) is 35.6 Å². The van der Waals surface area contributed by atoms with Crippen LogP contribution < -0.4 is 0 Å². The minimum absolute atomic E-state index is 0.696. The van der Waals surface area contributed by atoms with Gasteiger partial charge in [0.15, 0.2) is 5.82 Å². The molecule has 4 heteroatoms. The van der Waals surface area contributed by atoms with Crippen molar-refractivity contribution in [2.24, 2.45) is 0 Å². The van der Waals surface area contributed by atoms with Gasteiger partial charge in [0.05, 0.1) is 39.1 Å². The molecule has 0 radical (unpaired) electrons. The number of nitrogens with zero attached hydrogens (tertiary/aromatic N) is 4. The molecule has 7 aromatic carbocycles. The molecule has 3 heterocycles. The zero-order valence-corrected chi connectivity index (χ0v) is 27.1. The van der Waals surface area contributed by atoms with E-state index in [9.17, 15) is 0 Å². The Morgan fingerprint density at radius 1 is 0.340 bits per heavy atom. The first-order valence-electron chi connectivity index (χ1n) is 16.9. The molecule has 3 aromatic heterocycles. The smallest absolute Gasteiger partial charge is 0.160 e. The second-order valence-electron chi connectivity index (χ2n) is 12.6. The van der Waals surface area contributed by atoms with Gasteiger partial charge in [-0.3, -0.25) is 0 Å². The van der Waals surface area contributed by atoms with E-state index < -0.39 is 0 Å². The fraction of sp³-hybridized carbons (Fsp3) is 0. The fourth-order valence-corrected chi connectivity index (χ4v) is 7.50. The summed E-state index contributed by atoms with van der Waals surface area (Å²) in [6.45, 7) is 0. The van der Waals surface area contributed by atoms with Crippen LogP contribution in [0, 0.1) is 0 Å². The quantitative estimate of drug-likeness (QED) is 0.188. The van der Waals surface area contributed by atoms with Crippen LogP contribution in [-0.2, 0) is 0 Å². The van der Waals surface area contributed by atoms with E-state index in [1.807, 2.05) is 24.3 Å². The number of rotatable bonds is 5. The molecule has 0 spiro atoms. The lowest BCUT2D eigenvalue weighted by Crippen LogP contribution is -2.03. The Labute approximate surface area is 289 Å². The summed E-state index contributed by atoms with van der Waals surface area (Å²) in [6.07, 6.45) is 0. The average Bonchev–Trinajstić information content (AvgIpc) is 3.71. The van der Waals surface area contributed by atoms with E-state index >= 15 is 0 Å². The molecule has 0 atom stereocenters. The van der Waals surface area contributed by atoms with Crippen molar-refractivity contribution in [3.8, 4) is 45.3 Å². The van der Waals surface area contributed by atoms with Gasteiger partial charge in [0.1, 0.15) is 0 Å². The molecule has 0 aliphatic carbocycles. The molecule has 0 N–H and O–H groups in total. The van der Waals surface area contributed by atoms with Gasteiger partial charge in [-0.2, -0.15) is 0 Å². The van der Waals surface area contributed by atoms with Crippen LogP contribution >= 0.6 is 0 Å². The first-order chi connectivity index (χ1) is 24.8. The zero-order valence-electron chi connectivity index (χ0n) is 27.1. The first-order valence-corrected chi connectivity index (χ1v) is 16.9. The lowest BCUT2D eigenvalue weighted by atomic mass is 10.0. The summed E-state index contributed by atoms with van der Waals surface area (Å²) in [7, 11) is 0. The van der Waals surface area contributed by atoms with Crippen molar-refractivity contribution in [1.82, 2.24) is 19.1 Å². The standard InChI is InChI=1S/C46H30N4/c1-3-15-31(16-4-1)39-30-40(48-46(47-39)32-17-5-2-6-18-32)38-28-27-33(49-41-23-11-7-19-34(41)35-20-8-12-24-42(35)49)29-45(38)50-43-25-13-9-21-36(43)37-22-10-14-26-44(37)50/h1-30H. The van der Waals surface area contributed by atoms with Crippen molar-refractivity contribution in [3.63, 3.8) is 0 Å². The third kappa shape index (κ3) is 4.46. The molecule has 0 saturated carbocycles. The lowest BCUT2D eigenvalue weighted by Gasteiger charge is -2.18. The van der Waals surface area contributed by atoms with Gasteiger partial charge in [-0.25, -0.2) is 9.97 Å². The van der Waals surface area contributed by atoms with Crippen molar-refractivity contribution in [3.05, 3.63) is 182 Å². The maximum atomic E-state index is 5.29. The number of para-hydroxylation sites is 4. The summed E-state index contributed by atoms with van der Waals surface area (Å²) < 4.78 is 4.79. The zero-order chi connectivity index (χ0) is 33.0. The highest BCUT2D eigenvalue weighted by Gasteiger charge is 2.20. The maximum Gasteiger partial charge on any atom is 0.160 e. The molecular weight excluding hydrogens is 609 g/mol. The Balaban J connectivity index is 1.31. The van der Waals surface area contributed by atoms with Gasteiger partial charge in [0.2, 0.25) is 0 Å². The highest BCUT2D eigenvalue weighted by molar-refractivity contribution is 6.11. The SMILES string of the molecule is c1ccc(-c2cc(-c3ccc(-n4c5ccccc5c5ccccc54)cc3-n3c4ccccc4c4ccccc43)nc(-c3ccccc3)n2)cc1. The van der Waals surface area contributed by atoms with Crippen molar-refractivity contribution in [2.75, 3.05) is 0 Å². The molecular formula is C46H30N4. The van der Waals surface area contributed by atoms with Crippen LogP contribution in [0.2, 0.25) is 0 Å². The summed E-state index contributed by atoms with van der Waals surface area (Å²) in [5, 5.41) is 4.91. The third-order valence-corrected chi connectivity index (χ3v) is 9.74. The van der Waals surface area contributed by atoms with Gasteiger partial charge in [0.25, 0.3) is 0 Å². The van der Waals surface area contributed by atoms with E-state index in [2.05, 4.69) is 167 Å². The predicted molar refractivity (Wildman–Crippen MR) is 207 cm³/mol. The maximum absolute atomic E-state index is 5.29. The van der Waals surface area contributed by atoms with Crippen LogP contribution in [0.15, 0.2) is 182 Å². The fourth-order valence-electron chi connectivity index (χ4n) is 7.50. The van der Waals surface area contributed by atoms with E-state index in [4.69, 9.17) is 9.97 Å². The van der Waals surface area contributed by atoms with Crippen molar-refractivity contribution in [1.29, 1.82) is 0 Å². The predicted octanol–water partition coefficient (Wildman–Crippen LogP) is 11.7. The highest BCUT2D eigenvalue weighted by atomic mass is 15.0. The Morgan fingerprint density at radius 3 is 1.32 bits per heavy atom. The molecule has 4 nitrogen and oxygen atoms in total. The largest absolute Gasteiger partial charge is 0.309 e. The van der Waals surface area contributed by atoms with Crippen LogP contribution in [0.3, 0.4) is 0 Å². The summed E-state index contributed by atoms with van der Waals surface area (Å²) in [4.78, 5) is 10.4. The molecule has 10 aromatic rings. The van der Waals surface area contributed by atoms with Crippen molar-refractivity contribution in [2.45, 2.75) is 0 Å². The van der Waals surface area contributed by atoms with E-state index in [1.54, 1.807) is 0 Å². The number of aromatic nitrogens is 4. The van der Waals surface area contributed by atoms with E-state index in [-0.39, 0.29) is 0 Å². The number of hydrogen-bond donors (Lipinski definition) is 0. The summed E-state index contributed by atoms with van der Waals surface area (Å²) in [5.41, 5.74) is 11.6. The van der Waals surface area contributed by atoms with Crippen LogP contribution in [0.5, 0.6) is 0 Å². The second kappa shape index (κ2) is 11.4. The van der Waals surface area contributed by atoms with Gasteiger partial charge in [-0.15, -0.1) is 0 Å². The summed E-state index contributed by atoms with van der Waals surface area (Å²) >= 11 is 0.